The quantitative estimate of drug-likeness (QED) is 0.804. The second-order valence-electron chi connectivity index (χ2n) is 5.45. The molecule has 1 aliphatic rings. The lowest BCUT2D eigenvalue weighted by molar-refractivity contribution is 0.438. The summed E-state index contributed by atoms with van der Waals surface area (Å²) < 4.78 is 23.8. The smallest absolute Gasteiger partial charge is 0.154 e. The molecule has 0 spiro atoms. The predicted octanol–water partition coefficient (Wildman–Crippen LogP) is 1.73. The average Bonchev–Trinajstić information content (AvgIpc) is 2.52. The fraction of sp³-hybridized carbons (Fsp3) is 1.00. The molecule has 1 saturated carbocycles. The minimum Gasteiger partial charge on any atom is -0.311 e. The zero-order valence-electron chi connectivity index (χ0n) is 10.0. The highest BCUT2D eigenvalue weighted by molar-refractivity contribution is 7.92. The van der Waals surface area contributed by atoms with E-state index in [2.05, 4.69) is 26.1 Å². The maximum absolute atomic E-state index is 11.9. The van der Waals surface area contributed by atoms with Gasteiger partial charge in [0, 0.05) is 12.1 Å². The molecular formula is C11H23NO2S. The molecule has 1 rings (SSSR count). The Morgan fingerprint density at radius 3 is 2.20 bits per heavy atom. The summed E-state index contributed by atoms with van der Waals surface area (Å²) in [6.45, 7) is 6.72. The van der Waals surface area contributed by atoms with Crippen LogP contribution in [-0.4, -0.2) is 31.5 Å². The van der Waals surface area contributed by atoms with Gasteiger partial charge in [0.2, 0.25) is 0 Å². The van der Waals surface area contributed by atoms with E-state index in [0.29, 0.717) is 6.54 Å². The zero-order valence-corrected chi connectivity index (χ0v) is 10.9. The van der Waals surface area contributed by atoms with Gasteiger partial charge in [-0.05, 0) is 33.6 Å². The molecule has 0 aromatic rings. The number of nitrogens with one attached hydrogen (secondary N) is 1. The molecule has 0 bridgehead atoms. The topological polar surface area (TPSA) is 46.2 Å². The highest BCUT2D eigenvalue weighted by atomic mass is 32.2. The highest BCUT2D eigenvalue weighted by Crippen LogP contribution is 2.24. The number of hydrogen-bond donors (Lipinski definition) is 1. The van der Waals surface area contributed by atoms with Gasteiger partial charge in [-0.3, -0.25) is 0 Å². The second kappa shape index (κ2) is 4.83. The van der Waals surface area contributed by atoms with Gasteiger partial charge >= 0.3 is 0 Å². The van der Waals surface area contributed by atoms with Gasteiger partial charge in [0.15, 0.2) is 9.84 Å². The zero-order chi connectivity index (χ0) is 11.5. The summed E-state index contributed by atoms with van der Waals surface area (Å²) in [5.74, 6) is 0.287. The maximum Gasteiger partial charge on any atom is 0.154 e. The first-order valence-electron chi connectivity index (χ1n) is 5.78. The molecule has 1 aliphatic carbocycles. The van der Waals surface area contributed by atoms with Crippen molar-refractivity contribution in [2.24, 2.45) is 0 Å². The van der Waals surface area contributed by atoms with E-state index in [-0.39, 0.29) is 16.5 Å². The lowest BCUT2D eigenvalue weighted by Crippen LogP contribution is -2.40. The summed E-state index contributed by atoms with van der Waals surface area (Å²) in [6.07, 6.45) is 3.91. The third-order valence-corrected chi connectivity index (χ3v) is 5.11. The molecule has 0 atom stereocenters. The summed E-state index contributed by atoms with van der Waals surface area (Å²) in [4.78, 5) is 0. The molecule has 0 amide bonds. The van der Waals surface area contributed by atoms with E-state index in [4.69, 9.17) is 0 Å². The Morgan fingerprint density at radius 1 is 1.20 bits per heavy atom. The second-order valence-corrected chi connectivity index (χ2v) is 7.85. The van der Waals surface area contributed by atoms with Crippen molar-refractivity contribution < 1.29 is 8.42 Å². The fourth-order valence-electron chi connectivity index (χ4n) is 1.98. The molecule has 0 radical (unpaired) electrons. The molecule has 0 unspecified atom stereocenters. The Labute approximate surface area is 93.6 Å². The van der Waals surface area contributed by atoms with E-state index in [1.165, 1.54) is 0 Å². The van der Waals surface area contributed by atoms with Gasteiger partial charge in [-0.2, -0.15) is 0 Å². The minimum atomic E-state index is -2.84. The molecule has 15 heavy (non-hydrogen) atoms. The number of sulfone groups is 1. The Balaban J connectivity index is 2.37. The van der Waals surface area contributed by atoms with E-state index >= 15 is 0 Å². The maximum atomic E-state index is 11.9. The van der Waals surface area contributed by atoms with Gasteiger partial charge in [0.1, 0.15) is 0 Å². The van der Waals surface area contributed by atoms with E-state index in [0.717, 1.165) is 25.7 Å². The van der Waals surface area contributed by atoms with Crippen molar-refractivity contribution >= 4 is 9.84 Å². The first-order chi connectivity index (χ1) is 6.81. The van der Waals surface area contributed by atoms with Crippen molar-refractivity contribution in [1.82, 2.24) is 5.32 Å². The van der Waals surface area contributed by atoms with Crippen molar-refractivity contribution in [2.45, 2.75) is 57.2 Å². The lowest BCUT2D eigenvalue weighted by atomic mass is 10.1. The Hall–Kier alpha value is -0.0900. The van der Waals surface area contributed by atoms with Crippen LogP contribution in [0.5, 0.6) is 0 Å². The highest BCUT2D eigenvalue weighted by Gasteiger charge is 2.28. The van der Waals surface area contributed by atoms with Gasteiger partial charge in [-0.15, -0.1) is 0 Å². The normalized spacial score (nSPS) is 19.7. The molecule has 1 N–H and O–H groups in total. The van der Waals surface area contributed by atoms with E-state index in [1.54, 1.807) is 0 Å². The first-order valence-corrected chi connectivity index (χ1v) is 7.49. The molecular weight excluding hydrogens is 210 g/mol. The molecule has 0 aromatic heterocycles. The minimum absolute atomic E-state index is 0.00515. The molecule has 90 valence electrons. The summed E-state index contributed by atoms with van der Waals surface area (Å²) >= 11 is 0. The molecule has 0 saturated heterocycles. The Morgan fingerprint density at radius 2 is 1.73 bits per heavy atom. The molecule has 0 heterocycles. The van der Waals surface area contributed by atoms with Crippen LogP contribution in [0.25, 0.3) is 0 Å². The Kier molecular flexibility index (Phi) is 4.18. The predicted molar refractivity (Wildman–Crippen MR) is 63.8 cm³/mol. The largest absolute Gasteiger partial charge is 0.311 e. The van der Waals surface area contributed by atoms with Gasteiger partial charge in [0.25, 0.3) is 0 Å². The van der Waals surface area contributed by atoms with Crippen LogP contribution < -0.4 is 5.32 Å². The van der Waals surface area contributed by atoms with Crippen LogP contribution in [0.2, 0.25) is 0 Å². The van der Waals surface area contributed by atoms with Crippen molar-refractivity contribution in [3.63, 3.8) is 0 Å². The third-order valence-electron chi connectivity index (χ3n) is 2.85. The fourth-order valence-corrected chi connectivity index (χ4v) is 3.75. The molecule has 0 aromatic carbocycles. The number of rotatable bonds is 4. The average molecular weight is 233 g/mol. The van der Waals surface area contributed by atoms with Crippen molar-refractivity contribution in [1.29, 1.82) is 0 Å². The molecule has 1 fully saturated rings. The van der Waals surface area contributed by atoms with Crippen LogP contribution in [0.15, 0.2) is 0 Å². The van der Waals surface area contributed by atoms with Gasteiger partial charge in [-0.1, -0.05) is 12.8 Å². The first kappa shape index (κ1) is 13.0. The Bertz CT molecular complexity index is 284. The summed E-state index contributed by atoms with van der Waals surface area (Å²) in [6, 6.07) is 0. The van der Waals surface area contributed by atoms with Crippen molar-refractivity contribution in [2.75, 3.05) is 12.3 Å². The molecule has 3 nitrogen and oxygen atoms in total. The summed E-state index contributed by atoms with van der Waals surface area (Å²) in [5, 5.41) is 3.17. The van der Waals surface area contributed by atoms with E-state index < -0.39 is 9.84 Å². The van der Waals surface area contributed by atoms with E-state index in [1.807, 2.05) is 0 Å². The van der Waals surface area contributed by atoms with Crippen LogP contribution >= 0.6 is 0 Å². The van der Waals surface area contributed by atoms with Crippen molar-refractivity contribution in [3.8, 4) is 0 Å². The number of hydrogen-bond acceptors (Lipinski definition) is 3. The van der Waals surface area contributed by atoms with Crippen molar-refractivity contribution in [3.05, 3.63) is 0 Å². The van der Waals surface area contributed by atoms with Crippen LogP contribution in [0.1, 0.15) is 46.5 Å². The third kappa shape index (κ3) is 4.51. The van der Waals surface area contributed by atoms with Gasteiger partial charge in [0.05, 0.1) is 11.0 Å². The van der Waals surface area contributed by atoms with Crippen LogP contribution in [0.4, 0.5) is 0 Å². The SMILES string of the molecule is CC(C)(C)NCCS(=O)(=O)C1CCCC1. The molecule has 4 heteroatoms. The van der Waals surface area contributed by atoms with Crippen LogP contribution in [0, 0.1) is 0 Å². The van der Waals surface area contributed by atoms with Gasteiger partial charge in [-0.25, -0.2) is 8.42 Å². The van der Waals surface area contributed by atoms with Crippen LogP contribution in [-0.2, 0) is 9.84 Å². The standard InChI is InChI=1S/C11H23NO2S/c1-11(2,3)12-8-9-15(13,14)10-6-4-5-7-10/h10,12H,4-9H2,1-3H3. The van der Waals surface area contributed by atoms with Crippen LogP contribution in [0.3, 0.4) is 0 Å². The van der Waals surface area contributed by atoms with Gasteiger partial charge < -0.3 is 5.32 Å². The summed E-state index contributed by atoms with van der Waals surface area (Å²) in [5.41, 5.74) is 0.00515. The van der Waals surface area contributed by atoms with E-state index in [9.17, 15) is 8.42 Å². The lowest BCUT2D eigenvalue weighted by Gasteiger charge is -2.21. The monoisotopic (exact) mass is 233 g/mol. The molecule has 0 aliphatic heterocycles. The summed E-state index contributed by atoms with van der Waals surface area (Å²) in [7, 11) is -2.84.